The third-order valence-electron chi connectivity index (χ3n) is 6.27. The first kappa shape index (κ1) is 24.7. The lowest BCUT2D eigenvalue weighted by Gasteiger charge is -2.39. The SMILES string of the molecule is CCOC(=O)C1=C(C)NC2=C(C(=O)CC(C)(C)C2)[C@@H]1c1cc(COc2ccc(Br)cc2)c(C)s1. The minimum atomic E-state index is -0.427. The number of carbonyl (C=O) groups excluding carboxylic acids is 2. The lowest BCUT2D eigenvalue weighted by molar-refractivity contribution is -0.138. The third kappa shape index (κ3) is 5.01. The largest absolute Gasteiger partial charge is 0.489 e. The van der Waals surface area contributed by atoms with E-state index in [1.165, 1.54) is 0 Å². The van der Waals surface area contributed by atoms with E-state index < -0.39 is 5.92 Å². The first-order valence-corrected chi connectivity index (χ1v) is 13.1. The molecule has 0 bridgehead atoms. The van der Waals surface area contributed by atoms with E-state index >= 15 is 0 Å². The molecule has 4 rings (SSSR count). The number of benzene rings is 1. The van der Waals surface area contributed by atoms with Crippen molar-refractivity contribution in [3.63, 3.8) is 0 Å². The van der Waals surface area contributed by atoms with Gasteiger partial charge in [0.15, 0.2) is 5.78 Å². The molecular formula is C27H30BrNO4S. The molecule has 1 aliphatic carbocycles. The van der Waals surface area contributed by atoms with E-state index in [0.717, 1.165) is 43.4 Å². The van der Waals surface area contributed by atoms with Crippen molar-refractivity contribution < 1.29 is 19.1 Å². The van der Waals surface area contributed by atoms with Crippen molar-refractivity contribution in [2.24, 2.45) is 5.41 Å². The fourth-order valence-corrected chi connectivity index (χ4v) is 6.14. The number of hydrogen-bond donors (Lipinski definition) is 1. The van der Waals surface area contributed by atoms with Crippen LogP contribution >= 0.6 is 27.3 Å². The summed E-state index contributed by atoms with van der Waals surface area (Å²) in [4.78, 5) is 28.5. The van der Waals surface area contributed by atoms with E-state index in [4.69, 9.17) is 9.47 Å². The first-order valence-electron chi connectivity index (χ1n) is 11.5. The molecule has 180 valence electrons. The second-order valence-electron chi connectivity index (χ2n) is 9.62. The lowest BCUT2D eigenvalue weighted by Crippen LogP contribution is -2.38. The molecule has 2 aromatic rings. The predicted octanol–water partition coefficient (Wildman–Crippen LogP) is 6.57. The summed E-state index contributed by atoms with van der Waals surface area (Å²) in [5.74, 6) is 0.0797. The molecule has 0 fully saturated rings. The quantitative estimate of drug-likeness (QED) is 0.417. The van der Waals surface area contributed by atoms with E-state index in [-0.39, 0.29) is 23.8 Å². The maximum Gasteiger partial charge on any atom is 0.336 e. The van der Waals surface area contributed by atoms with Crippen LogP contribution in [-0.4, -0.2) is 18.4 Å². The van der Waals surface area contributed by atoms with Crippen LogP contribution in [0.3, 0.4) is 0 Å². The van der Waals surface area contributed by atoms with Crippen molar-refractivity contribution >= 4 is 39.0 Å². The van der Waals surface area contributed by atoms with Crippen LogP contribution in [0, 0.1) is 12.3 Å². The van der Waals surface area contributed by atoms with Crippen molar-refractivity contribution in [2.45, 2.75) is 60.0 Å². The molecule has 7 heteroatoms. The zero-order valence-corrected chi connectivity index (χ0v) is 22.6. The number of allylic oxidation sites excluding steroid dienone is 3. The summed E-state index contributed by atoms with van der Waals surface area (Å²) in [5, 5.41) is 3.38. The highest BCUT2D eigenvalue weighted by atomic mass is 79.9. The summed E-state index contributed by atoms with van der Waals surface area (Å²) >= 11 is 5.05. The molecule has 0 amide bonds. The topological polar surface area (TPSA) is 64.6 Å². The number of ether oxygens (including phenoxy) is 2. The zero-order chi connectivity index (χ0) is 24.6. The molecule has 2 heterocycles. The lowest BCUT2D eigenvalue weighted by atomic mass is 9.70. The number of halogens is 1. The van der Waals surface area contributed by atoms with Crippen LogP contribution in [0.25, 0.3) is 0 Å². The van der Waals surface area contributed by atoms with Crippen LogP contribution in [0.4, 0.5) is 0 Å². The maximum atomic E-state index is 13.4. The molecule has 1 N–H and O–H groups in total. The number of esters is 1. The van der Waals surface area contributed by atoms with Gasteiger partial charge in [-0.25, -0.2) is 4.79 Å². The van der Waals surface area contributed by atoms with Gasteiger partial charge in [-0.15, -0.1) is 11.3 Å². The molecule has 34 heavy (non-hydrogen) atoms. The average molecular weight is 545 g/mol. The molecule has 1 atom stereocenters. The van der Waals surface area contributed by atoms with Crippen LogP contribution in [-0.2, 0) is 20.9 Å². The van der Waals surface area contributed by atoms with E-state index in [1.54, 1.807) is 18.3 Å². The number of carbonyl (C=O) groups is 2. The predicted molar refractivity (Wildman–Crippen MR) is 138 cm³/mol. The molecule has 0 spiro atoms. The summed E-state index contributed by atoms with van der Waals surface area (Å²) in [7, 11) is 0. The number of thiophene rings is 1. The molecule has 5 nitrogen and oxygen atoms in total. The molecule has 1 aromatic carbocycles. The van der Waals surface area contributed by atoms with Gasteiger partial charge in [-0.1, -0.05) is 29.8 Å². The highest BCUT2D eigenvalue weighted by Gasteiger charge is 2.43. The number of aryl methyl sites for hydroxylation is 1. The Kier molecular flexibility index (Phi) is 7.06. The average Bonchev–Trinajstić information content (AvgIpc) is 3.11. The number of nitrogens with one attached hydrogen (secondary N) is 1. The minimum Gasteiger partial charge on any atom is -0.489 e. The standard InChI is InChI=1S/C27H30BrNO4S/c1-6-32-26(31)23-15(2)29-20-12-27(4,5)13-21(30)24(20)25(23)22-11-17(16(3)34-22)14-33-19-9-7-18(28)8-10-19/h7-11,25,29H,6,12-14H2,1-5H3/t25-/m1/s1. The van der Waals surface area contributed by atoms with Crippen LogP contribution in [0.5, 0.6) is 5.75 Å². The molecule has 1 aliphatic heterocycles. The number of Topliss-reactive ketones (excluding diaryl/α,β-unsaturated/α-hetero) is 1. The molecule has 0 unspecified atom stereocenters. The Labute approximate surface area is 213 Å². The number of rotatable bonds is 6. The molecule has 0 saturated carbocycles. The Morgan fingerprint density at radius 1 is 1.21 bits per heavy atom. The monoisotopic (exact) mass is 543 g/mol. The smallest absolute Gasteiger partial charge is 0.336 e. The second-order valence-corrected chi connectivity index (χ2v) is 11.8. The van der Waals surface area contributed by atoms with Gasteiger partial charge in [0.1, 0.15) is 12.4 Å². The minimum absolute atomic E-state index is 0.0942. The van der Waals surface area contributed by atoms with Crippen molar-refractivity contribution in [3.05, 3.63) is 72.7 Å². The highest BCUT2D eigenvalue weighted by molar-refractivity contribution is 9.10. The van der Waals surface area contributed by atoms with Crippen molar-refractivity contribution in [2.75, 3.05) is 6.61 Å². The summed E-state index contributed by atoms with van der Waals surface area (Å²) < 4.78 is 12.4. The van der Waals surface area contributed by atoms with Gasteiger partial charge in [-0.2, -0.15) is 0 Å². The van der Waals surface area contributed by atoms with Crippen LogP contribution < -0.4 is 10.1 Å². The van der Waals surface area contributed by atoms with Crippen molar-refractivity contribution in [1.29, 1.82) is 0 Å². The number of ketones is 1. The van der Waals surface area contributed by atoms with E-state index in [1.807, 2.05) is 31.2 Å². The second kappa shape index (κ2) is 9.70. The zero-order valence-electron chi connectivity index (χ0n) is 20.2. The first-order chi connectivity index (χ1) is 16.1. The summed E-state index contributed by atoms with van der Waals surface area (Å²) in [6.45, 7) is 10.7. The van der Waals surface area contributed by atoms with E-state index in [0.29, 0.717) is 24.2 Å². The fourth-order valence-electron chi connectivity index (χ4n) is 4.72. The van der Waals surface area contributed by atoms with Crippen molar-refractivity contribution in [1.82, 2.24) is 5.32 Å². The van der Waals surface area contributed by atoms with E-state index in [9.17, 15) is 9.59 Å². The van der Waals surface area contributed by atoms with Gasteiger partial charge in [0.2, 0.25) is 0 Å². The fraction of sp³-hybridized carbons (Fsp3) is 0.407. The Balaban J connectivity index is 1.72. The molecule has 2 aliphatic rings. The van der Waals surface area contributed by atoms with Crippen LogP contribution in [0.2, 0.25) is 0 Å². The van der Waals surface area contributed by atoms with Crippen molar-refractivity contribution in [3.8, 4) is 5.75 Å². The Bertz CT molecular complexity index is 1190. The Morgan fingerprint density at radius 2 is 1.91 bits per heavy atom. The molecule has 0 radical (unpaired) electrons. The summed E-state index contributed by atoms with van der Waals surface area (Å²) in [5.41, 5.74) is 3.84. The molecule has 1 aromatic heterocycles. The highest BCUT2D eigenvalue weighted by Crippen LogP contribution is 2.48. The maximum absolute atomic E-state index is 13.4. The van der Waals surface area contributed by atoms with Gasteiger partial charge in [0, 0.05) is 43.2 Å². The van der Waals surface area contributed by atoms with Crippen LogP contribution in [0.15, 0.2) is 57.3 Å². The number of hydrogen-bond acceptors (Lipinski definition) is 6. The Morgan fingerprint density at radius 3 is 2.59 bits per heavy atom. The number of dihydropyridines is 1. The van der Waals surface area contributed by atoms with Gasteiger partial charge in [-0.3, -0.25) is 4.79 Å². The molecular weight excluding hydrogens is 514 g/mol. The van der Waals surface area contributed by atoms with Gasteiger partial charge in [0.05, 0.1) is 18.1 Å². The summed E-state index contributed by atoms with van der Waals surface area (Å²) in [6, 6.07) is 9.81. The van der Waals surface area contributed by atoms with Gasteiger partial charge < -0.3 is 14.8 Å². The third-order valence-corrected chi connectivity index (χ3v) is 7.95. The normalized spacial score (nSPS) is 19.6. The van der Waals surface area contributed by atoms with Gasteiger partial charge in [0.25, 0.3) is 0 Å². The Hall–Kier alpha value is -2.38. The van der Waals surface area contributed by atoms with Crippen LogP contribution in [0.1, 0.15) is 61.8 Å². The van der Waals surface area contributed by atoms with Gasteiger partial charge in [-0.05, 0) is 62.9 Å². The summed E-state index contributed by atoms with van der Waals surface area (Å²) in [6.07, 6.45) is 1.23. The molecule has 0 saturated heterocycles. The van der Waals surface area contributed by atoms with Gasteiger partial charge >= 0.3 is 5.97 Å². The van der Waals surface area contributed by atoms with E-state index in [2.05, 4.69) is 48.1 Å².